The summed E-state index contributed by atoms with van der Waals surface area (Å²) < 4.78 is 1.17. The molecule has 15 heavy (non-hydrogen) atoms. The maximum atomic E-state index is 10.4. The van der Waals surface area contributed by atoms with Crippen molar-refractivity contribution in [3.05, 3.63) is 29.3 Å². The standard InChI is InChI=1S/C11H11NO2S/c13-10(14)6-2-4-8-3-1-5-9-11(8)12-7-15-9/h1,3,5,7H,2,4,6H2,(H,13,14). The van der Waals surface area contributed by atoms with Crippen molar-refractivity contribution in [2.45, 2.75) is 19.3 Å². The number of nitrogens with zero attached hydrogens (tertiary/aromatic N) is 1. The van der Waals surface area contributed by atoms with E-state index in [1.165, 1.54) is 4.70 Å². The third-order valence-electron chi connectivity index (χ3n) is 2.28. The van der Waals surface area contributed by atoms with Gasteiger partial charge in [-0.1, -0.05) is 12.1 Å². The molecule has 0 aliphatic heterocycles. The highest BCUT2D eigenvalue weighted by atomic mass is 32.1. The number of aromatic nitrogens is 1. The highest BCUT2D eigenvalue weighted by Crippen LogP contribution is 2.22. The summed E-state index contributed by atoms with van der Waals surface area (Å²) in [6.07, 6.45) is 1.68. The van der Waals surface area contributed by atoms with Gasteiger partial charge >= 0.3 is 5.97 Å². The zero-order chi connectivity index (χ0) is 10.7. The van der Waals surface area contributed by atoms with Crippen molar-refractivity contribution in [2.24, 2.45) is 0 Å². The lowest BCUT2D eigenvalue weighted by atomic mass is 10.1. The van der Waals surface area contributed by atoms with Gasteiger partial charge in [0.25, 0.3) is 0 Å². The minimum Gasteiger partial charge on any atom is -0.481 e. The van der Waals surface area contributed by atoms with Crippen LogP contribution >= 0.6 is 11.3 Å². The summed E-state index contributed by atoms with van der Waals surface area (Å²) in [6, 6.07) is 6.05. The quantitative estimate of drug-likeness (QED) is 0.863. The van der Waals surface area contributed by atoms with Gasteiger partial charge in [-0.3, -0.25) is 4.79 Å². The van der Waals surface area contributed by atoms with E-state index in [1.807, 2.05) is 23.7 Å². The van der Waals surface area contributed by atoms with Crippen LogP contribution in [0.15, 0.2) is 23.7 Å². The second-order valence-electron chi connectivity index (χ2n) is 3.36. The van der Waals surface area contributed by atoms with Gasteiger partial charge in [-0.05, 0) is 24.5 Å². The number of hydrogen-bond donors (Lipinski definition) is 1. The van der Waals surface area contributed by atoms with Crippen LogP contribution in [0.1, 0.15) is 18.4 Å². The Hall–Kier alpha value is -1.42. The molecule has 1 aromatic heterocycles. The zero-order valence-corrected chi connectivity index (χ0v) is 8.96. The van der Waals surface area contributed by atoms with Gasteiger partial charge in [0.1, 0.15) is 0 Å². The monoisotopic (exact) mass is 221 g/mol. The third-order valence-corrected chi connectivity index (χ3v) is 3.07. The molecule has 0 saturated carbocycles. The molecule has 0 unspecified atom stereocenters. The van der Waals surface area contributed by atoms with Gasteiger partial charge < -0.3 is 5.11 Å². The van der Waals surface area contributed by atoms with Crippen LogP contribution in [-0.4, -0.2) is 16.1 Å². The summed E-state index contributed by atoms with van der Waals surface area (Å²) >= 11 is 1.61. The van der Waals surface area contributed by atoms with Gasteiger partial charge in [-0.25, -0.2) is 4.98 Å². The Balaban J connectivity index is 2.13. The molecule has 1 N–H and O–H groups in total. The Kier molecular flexibility index (Phi) is 2.97. The molecular formula is C11H11NO2S. The average Bonchev–Trinajstić information content (AvgIpc) is 2.65. The summed E-state index contributed by atoms with van der Waals surface area (Å²) in [5, 5.41) is 8.55. The molecule has 2 rings (SSSR count). The lowest BCUT2D eigenvalue weighted by Gasteiger charge is -2.00. The van der Waals surface area contributed by atoms with E-state index in [1.54, 1.807) is 11.3 Å². The molecular weight excluding hydrogens is 210 g/mol. The molecule has 3 nitrogen and oxygen atoms in total. The SMILES string of the molecule is O=C(O)CCCc1cccc2scnc12. The second-order valence-corrected chi connectivity index (χ2v) is 4.25. The van der Waals surface area contributed by atoms with E-state index in [2.05, 4.69) is 4.98 Å². The molecule has 1 aromatic carbocycles. The van der Waals surface area contributed by atoms with Gasteiger partial charge in [0, 0.05) is 6.42 Å². The molecule has 2 aromatic rings. The molecule has 0 fully saturated rings. The molecule has 4 heteroatoms. The summed E-state index contributed by atoms with van der Waals surface area (Å²) in [6.45, 7) is 0. The number of carboxylic acids is 1. The number of benzene rings is 1. The number of fused-ring (bicyclic) bond motifs is 1. The van der Waals surface area contributed by atoms with Crippen LogP contribution in [-0.2, 0) is 11.2 Å². The van der Waals surface area contributed by atoms with Crippen molar-refractivity contribution >= 4 is 27.5 Å². The fourth-order valence-corrected chi connectivity index (χ4v) is 2.30. The van der Waals surface area contributed by atoms with Crippen LogP contribution < -0.4 is 0 Å². The van der Waals surface area contributed by atoms with Crippen molar-refractivity contribution < 1.29 is 9.90 Å². The van der Waals surface area contributed by atoms with Gasteiger partial charge in [0.15, 0.2) is 0 Å². The van der Waals surface area contributed by atoms with Crippen molar-refractivity contribution in [1.82, 2.24) is 4.98 Å². The topological polar surface area (TPSA) is 50.2 Å². The molecule has 0 aliphatic rings. The van der Waals surface area contributed by atoms with E-state index in [4.69, 9.17) is 5.11 Å². The van der Waals surface area contributed by atoms with Gasteiger partial charge in [0.2, 0.25) is 0 Å². The van der Waals surface area contributed by atoms with Crippen LogP contribution in [0.3, 0.4) is 0 Å². The summed E-state index contributed by atoms with van der Waals surface area (Å²) in [4.78, 5) is 14.7. The first-order chi connectivity index (χ1) is 7.27. The minimum absolute atomic E-state index is 0.223. The van der Waals surface area contributed by atoms with Crippen molar-refractivity contribution in [3.8, 4) is 0 Å². The highest BCUT2D eigenvalue weighted by molar-refractivity contribution is 7.16. The van der Waals surface area contributed by atoms with Crippen molar-refractivity contribution in [3.63, 3.8) is 0 Å². The number of hydrogen-bond acceptors (Lipinski definition) is 3. The lowest BCUT2D eigenvalue weighted by molar-refractivity contribution is -0.137. The van der Waals surface area contributed by atoms with Gasteiger partial charge in [-0.2, -0.15) is 0 Å². The first kappa shape index (κ1) is 10.1. The van der Waals surface area contributed by atoms with E-state index >= 15 is 0 Å². The summed E-state index contributed by atoms with van der Waals surface area (Å²) in [5.74, 6) is -0.736. The summed E-state index contributed by atoms with van der Waals surface area (Å²) in [7, 11) is 0. The lowest BCUT2D eigenvalue weighted by Crippen LogP contribution is -1.96. The smallest absolute Gasteiger partial charge is 0.303 e. The molecule has 1 heterocycles. The Bertz CT molecular complexity index is 478. The van der Waals surface area contributed by atoms with Crippen LogP contribution in [0.2, 0.25) is 0 Å². The second kappa shape index (κ2) is 4.40. The highest BCUT2D eigenvalue weighted by Gasteiger charge is 2.04. The number of carbonyl (C=O) groups is 1. The Morgan fingerprint density at radius 3 is 3.13 bits per heavy atom. The Morgan fingerprint density at radius 1 is 1.47 bits per heavy atom. The normalized spacial score (nSPS) is 10.7. The van der Waals surface area contributed by atoms with Gasteiger partial charge in [-0.15, -0.1) is 11.3 Å². The number of carboxylic acid groups (broad SMARTS) is 1. The molecule has 0 saturated heterocycles. The molecule has 78 valence electrons. The number of aryl methyl sites for hydroxylation is 1. The van der Waals surface area contributed by atoms with E-state index in [0.717, 1.165) is 17.5 Å². The molecule has 0 amide bonds. The first-order valence-electron chi connectivity index (χ1n) is 4.80. The maximum absolute atomic E-state index is 10.4. The van der Waals surface area contributed by atoms with Crippen LogP contribution in [0.25, 0.3) is 10.2 Å². The predicted molar refractivity (Wildman–Crippen MR) is 60.2 cm³/mol. The van der Waals surface area contributed by atoms with E-state index in [0.29, 0.717) is 6.42 Å². The number of aliphatic carboxylic acids is 1. The van der Waals surface area contributed by atoms with Crippen LogP contribution in [0.5, 0.6) is 0 Å². The molecule has 0 bridgehead atoms. The molecule has 0 radical (unpaired) electrons. The number of thiazole rings is 1. The summed E-state index contributed by atoms with van der Waals surface area (Å²) in [5.41, 5.74) is 3.99. The van der Waals surface area contributed by atoms with Crippen LogP contribution in [0, 0.1) is 0 Å². The van der Waals surface area contributed by atoms with E-state index in [9.17, 15) is 4.79 Å². The Morgan fingerprint density at radius 2 is 2.33 bits per heavy atom. The fraction of sp³-hybridized carbons (Fsp3) is 0.273. The minimum atomic E-state index is -0.736. The zero-order valence-electron chi connectivity index (χ0n) is 8.14. The largest absolute Gasteiger partial charge is 0.481 e. The van der Waals surface area contributed by atoms with Crippen molar-refractivity contribution in [1.29, 1.82) is 0 Å². The third kappa shape index (κ3) is 2.33. The molecule has 0 spiro atoms. The molecule has 0 aliphatic carbocycles. The molecule has 0 atom stereocenters. The number of rotatable bonds is 4. The predicted octanol–water partition coefficient (Wildman–Crippen LogP) is 2.70. The van der Waals surface area contributed by atoms with E-state index in [-0.39, 0.29) is 6.42 Å². The van der Waals surface area contributed by atoms with Gasteiger partial charge in [0.05, 0.1) is 15.7 Å². The number of para-hydroxylation sites is 1. The maximum Gasteiger partial charge on any atom is 0.303 e. The van der Waals surface area contributed by atoms with E-state index < -0.39 is 5.97 Å². The van der Waals surface area contributed by atoms with Crippen LogP contribution in [0.4, 0.5) is 0 Å². The Labute approximate surface area is 91.4 Å². The fourth-order valence-electron chi connectivity index (χ4n) is 1.58. The average molecular weight is 221 g/mol. The van der Waals surface area contributed by atoms with Crippen molar-refractivity contribution in [2.75, 3.05) is 0 Å². The first-order valence-corrected chi connectivity index (χ1v) is 5.68.